The average molecular weight is 732 g/mol. The summed E-state index contributed by atoms with van der Waals surface area (Å²) in [4.78, 5) is 7.89. The lowest BCUT2D eigenvalue weighted by Crippen LogP contribution is -2.41. The lowest BCUT2D eigenvalue weighted by Gasteiger charge is -2.32. The molecule has 2 aromatic heterocycles. The summed E-state index contributed by atoms with van der Waals surface area (Å²) in [5.41, 5.74) is -0.556. The topological polar surface area (TPSA) is 120 Å². The Morgan fingerprint density at radius 3 is 1.65 bits per heavy atom. The van der Waals surface area contributed by atoms with Crippen molar-refractivity contribution in [2.45, 2.75) is 88.9 Å². The summed E-state index contributed by atoms with van der Waals surface area (Å²) < 4.78 is 16.4. The van der Waals surface area contributed by atoms with Gasteiger partial charge in [0.15, 0.2) is 0 Å². The third-order valence-corrected chi connectivity index (χ3v) is 10.7. The van der Waals surface area contributed by atoms with Gasteiger partial charge in [0.05, 0.1) is 24.3 Å². The number of aliphatic hydroxyl groups is 2. The third-order valence-electron chi connectivity index (χ3n) is 9.63. The van der Waals surface area contributed by atoms with Crippen LogP contribution in [0.2, 0.25) is 10.0 Å². The van der Waals surface area contributed by atoms with Crippen LogP contribution in [0.4, 0.5) is 0 Å². The van der Waals surface area contributed by atoms with Crippen LogP contribution in [0, 0.1) is 11.8 Å². The number of hydrogen-bond acceptors (Lipinski definition) is 8. The molecule has 244 valence electrons. The standard InChI is InChI=1S/C19H25BClN3O3.C13H13BrClN3O/c1-17(2)18(3,4)27-20(26-17)14-7-8-15(16(21)9-14)19(25,13-5-6-13)10-24-12-22-11-23-24;14-10-3-4-11(12(15)5-10)13(19,9-1-2-9)6-18-8-16-7-17-18/h7-9,11-13,25H,5-6,10H2,1-4H3;3-5,7-9,19H,1-2,6H2. The fourth-order valence-corrected chi connectivity index (χ4v) is 7.15. The number of nitrogens with zero attached hydrogens (tertiary/aromatic N) is 6. The molecule has 10 nitrogen and oxygen atoms in total. The summed E-state index contributed by atoms with van der Waals surface area (Å²) in [5.74, 6) is 0.400. The first kappa shape index (κ1) is 33.6. The molecule has 0 bridgehead atoms. The van der Waals surface area contributed by atoms with Crippen LogP contribution in [-0.4, -0.2) is 58.1 Å². The van der Waals surface area contributed by atoms with Gasteiger partial charge in [0.2, 0.25) is 0 Å². The Balaban J connectivity index is 0.000000172. The molecule has 4 aromatic rings. The molecule has 46 heavy (non-hydrogen) atoms. The maximum Gasteiger partial charge on any atom is 0.494 e. The third kappa shape index (κ3) is 6.81. The van der Waals surface area contributed by atoms with Gasteiger partial charge in [0.1, 0.15) is 36.5 Å². The Bertz CT molecular complexity index is 1650. The van der Waals surface area contributed by atoms with E-state index < -0.39 is 29.5 Å². The Morgan fingerprint density at radius 2 is 1.26 bits per heavy atom. The zero-order valence-corrected chi connectivity index (χ0v) is 29.4. The van der Waals surface area contributed by atoms with E-state index in [1.54, 1.807) is 22.0 Å². The van der Waals surface area contributed by atoms with Crippen molar-refractivity contribution >= 4 is 51.7 Å². The van der Waals surface area contributed by atoms with Gasteiger partial charge in [-0.2, -0.15) is 10.2 Å². The predicted molar refractivity (Wildman–Crippen MR) is 180 cm³/mol. The maximum atomic E-state index is 11.5. The van der Waals surface area contributed by atoms with Crippen LogP contribution in [0.15, 0.2) is 66.2 Å². The number of benzene rings is 2. The van der Waals surface area contributed by atoms with Crippen LogP contribution in [0.25, 0.3) is 0 Å². The molecule has 3 fully saturated rings. The summed E-state index contributed by atoms with van der Waals surface area (Å²) in [7, 11) is -0.481. The zero-order chi connectivity index (χ0) is 32.9. The summed E-state index contributed by atoms with van der Waals surface area (Å²) in [6, 6.07) is 11.2. The Morgan fingerprint density at radius 1 is 0.804 bits per heavy atom. The minimum absolute atomic E-state index is 0.168. The summed E-state index contributed by atoms with van der Waals surface area (Å²) in [6.07, 6.45) is 10.1. The van der Waals surface area contributed by atoms with Gasteiger partial charge in [-0.3, -0.25) is 0 Å². The van der Waals surface area contributed by atoms with Gasteiger partial charge in [-0.1, -0.05) is 57.3 Å². The van der Waals surface area contributed by atoms with Gasteiger partial charge in [0, 0.05) is 25.6 Å². The number of aromatic nitrogens is 6. The quantitative estimate of drug-likeness (QED) is 0.216. The van der Waals surface area contributed by atoms with Crippen LogP contribution >= 0.6 is 39.1 Å². The van der Waals surface area contributed by atoms with Crippen LogP contribution in [0.3, 0.4) is 0 Å². The molecular weight excluding hydrogens is 694 g/mol. The van der Waals surface area contributed by atoms with Gasteiger partial charge in [-0.15, -0.1) is 0 Å². The molecule has 7 rings (SSSR count). The van der Waals surface area contributed by atoms with Gasteiger partial charge < -0.3 is 19.5 Å². The molecule has 2 atom stereocenters. The van der Waals surface area contributed by atoms with Crippen LogP contribution in [-0.2, 0) is 33.6 Å². The first-order valence-corrected chi connectivity index (χ1v) is 17.0. The van der Waals surface area contributed by atoms with E-state index in [1.807, 2.05) is 64.1 Å². The smallest absolute Gasteiger partial charge is 0.399 e. The summed E-state index contributed by atoms with van der Waals surface area (Å²) in [5, 5.41) is 31.8. The van der Waals surface area contributed by atoms with E-state index in [4.69, 9.17) is 32.5 Å². The van der Waals surface area contributed by atoms with E-state index in [0.717, 1.165) is 41.2 Å². The molecule has 2 unspecified atom stereocenters. The molecule has 2 aliphatic carbocycles. The number of hydrogen-bond donors (Lipinski definition) is 2. The highest BCUT2D eigenvalue weighted by atomic mass is 79.9. The largest absolute Gasteiger partial charge is 0.494 e. The van der Waals surface area contributed by atoms with Gasteiger partial charge in [-0.05, 0) is 88.9 Å². The van der Waals surface area contributed by atoms with Gasteiger partial charge >= 0.3 is 7.12 Å². The van der Waals surface area contributed by atoms with Crippen LogP contribution in [0.1, 0.15) is 64.5 Å². The second-order valence-corrected chi connectivity index (χ2v) is 15.3. The van der Waals surface area contributed by atoms with Crippen LogP contribution in [0.5, 0.6) is 0 Å². The SMILES string of the molecule is CC1(C)OB(c2ccc(C(O)(Cn3cncn3)C3CC3)c(Cl)c2)OC1(C)C.OC(Cn1cncn1)(c1ccc(Br)cc1Cl)C1CC1. The lowest BCUT2D eigenvalue weighted by atomic mass is 9.77. The fraction of sp³-hybridized carbons (Fsp3) is 0.500. The van der Waals surface area contributed by atoms with E-state index in [1.165, 1.54) is 12.7 Å². The molecular formula is C32H38BBrCl2N6O4. The first-order valence-electron chi connectivity index (χ1n) is 15.4. The van der Waals surface area contributed by atoms with E-state index in [2.05, 4.69) is 36.1 Å². The van der Waals surface area contributed by atoms with Crippen molar-refractivity contribution in [3.8, 4) is 0 Å². The molecule has 3 aliphatic rings. The highest BCUT2D eigenvalue weighted by Gasteiger charge is 2.52. The van der Waals surface area contributed by atoms with Crippen molar-refractivity contribution in [1.82, 2.24) is 29.5 Å². The van der Waals surface area contributed by atoms with E-state index in [-0.39, 0.29) is 11.8 Å². The van der Waals surface area contributed by atoms with Crippen molar-refractivity contribution in [1.29, 1.82) is 0 Å². The molecule has 2 aromatic carbocycles. The number of rotatable bonds is 9. The van der Waals surface area contributed by atoms with E-state index in [9.17, 15) is 10.2 Å². The zero-order valence-electron chi connectivity index (χ0n) is 26.3. The lowest BCUT2D eigenvalue weighted by molar-refractivity contribution is -0.00796. The summed E-state index contributed by atoms with van der Waals surface area (Å²) >= 11 is 16.3. The Labute approximate surface area is 287 Å². The number of halogens is 3. The van der Waals surface area contributed by atoms with Crippen molar-refractivity contribution in [2.24, 2.45) is 11.8 Å². The average Bonchev–Trinajstić information content (AvgIpc) is 3.90. The molecule has 0 spiro atoms. The molecule has 0 radical (unpaired) electrons. The Kier molecular flexibility index (Phi) is 9.21. The second-order valence-electron chi connectivity index (χ2n) is 13.5. The molecule has 1 saturated heterocycles. The van der Waals surface area contributed by atoms with Crippen molar-refractivity contribution in [2.75, 3.05) is 0 Å². The molecule has 14 heteroatoms. The highest BCUT2D eigenvalue weighted by Crippen LogP contribution is 2.49. The predicted octanol–water partition coefficient (Wildman–Crippen LogP) is 5.52. The molecule has 1 aliphatic heterocycles. The molecule has 2 N–H and O–H groups in total. The molecule has 0 amide bonds. The van der Waals surface area contributed by atoms with Crippen LogP contribution < -0.4 is 5.46 Å². The monoisotopic (exact) mass is 730 g/mol. The first-order chi connectivity index (χ1) is 21.7. The normalized spacial score (nSPS) is 21.3. The molecule has 2 saturated carbocycles. The van der Waals surface area contributed by atoms with Crippen molar-refractivity contribution in [3.63, 3.8) is 0 Å². The second kappa shape index (κ2) is 12.6. The minimum atomic E-state index is -1.07. The minimum Gasteiger partial charge on any atom is -0.399 e. The van der Waals surface area contributed by atoms with E-state index >= 15 is 0 Å². The van der Waals surface area contributed by atoms with Gasteiger partial charge in [-0.25, -0.2) is 19.3 Å². The van der Waals surface area contributed by atoms with Crippen molar-refractivity contribution in [3.05, 3.63) is 87.4 Å². The fourth-order valence-electron chi connectivity index (χ4n) is 5.96. The molecule has 3 heterocycles. The highest BCUT2D eigenvalue weighted by molar-refractivity contribution is 9.10. The maximum absolute atomic E-state index is 11.5. The van der Waals surface area contributed by atoms with E-state index in [0.29, 0.717) is 28.7 Å². The van der Waals surface area contributed by atoms with Gasteiger partial charge in [0.25, 0.3) is 0 Å². The Hall–Kier alpha value is -2.32. The van der Waals surface area contributed by atoms with Crippen molar-refractivity contribution < 1.29 is 19.5 Å². The summed E-state index contributed by atoms with van der Waals surface area (Å²) in [6.45, 7) is 8.78.